The predicted octanol–water partition coefficient (Wildman–Crippen LogP) is 1.63. The summed E-state index contributed by atoms with van der Waals surface area (Å²) in [6, 6.07) is 1.59. The first-order chi connectivity index (χ1) is 9.61. The third-order valence-electron chi connectivity index (χ3n) is 3.50. The van der Waals surface area contributed by atoms with Crippen molar-refractivity contribution in [2.24, 2.45) is 11.8 Å². The first kappa shape index (κ1) is 16.3. The Morgan fingerprint density at radius 1 is 1.20 bits per heavy atom. The van der Waals surface area contributed by atoms with Crippen molar-refractivity contribution in [1.82, 2.24) is 9.97 Å². The van der Waals surface area contributed by atoms with Crippen LogP contribution >= 0.6 is 0 Å². The molecule has 20 heavy (non-hydrogen) atoms. The van der Waals surface area contributed by atoms with Crippen molar-refractivity contribution in [2.45, 2.75) is 46.0 Å². The summed E-state index contributed by atoms with van der Waals surface area (Å²) in [5.74, 6) is -3.29. The van der Waals surface area contributed by atoms with Gasteiger partial charge in [-0.2, -0.15) is 0 Å². The van der Waals surface area contributed by atoms with E-state index in [1.54, 1.807) is 6.07 Å². The highest BCUT2D eigenvalue weighted by Crippen LogP contribution is 2.25. The van der Waals surface area contributed by atoms with Gasteiger partial charge in [0.2, 0.25) is 5.78 Å². The molecule has 0 bridgehead atoms. The number of hydrogen-bond donors (Lipinski definition) is 0. The summed E-state index contributed by atoms with van der Waals surface area (Å²) in [4.78, 5) is 31.3. The van der Waals surface area contributed by atoms with E-state index in [9.17, 15) is 14.7 Å². The van der Waals surface area contributed by atoms with Crippen LogP contribution in [0.2, 0.25) is 0 Å². The number of hydrogen-bond acceptors (Lipinski definition) is 5. The Labute approximate surface area is 119 Å². The summed E-state index contributed by atoms with van der Waals surface area (Å²) in [5, 5.41) is 11.4. The van der Waals surface area contributed by atoms with Crippen LogP contribution < -0.4 is 5.11 Å². The molecule has 2 atom stereocenters. The summed E-state index contributed by atoms with van der Waals surface area (Å²) in [6.45, 7) is 3.98. The van der Waals surface area contributed by atoms with Crippen molar-refractivity contribution in [1.29, 1.82) is 0 Å². The van der Waals surface area contributed by atoms with Crippen LogP contribution in [0.25, 0.3) is 0 Å². The molecule has 0 amide bonds. The first-order valence-corrected chi connectivity index (χ1v) is 7.13. The third-order valence-corrected chi connectivity index (χ3v) is 3.50. The van der Waals surface area contributed by atoms with Gasteiger partial charge in [0.15, 0.2) is 5.82 Å². The molecule has 0 aliphatic carbocycles. The van der Waals surface area contributed by atoms with Gasteiger partial charge in [-0.1, -0.05) is 39.5 Å². The van der Waals surface area contributed by atoms with E-state index < -0.39 is 17.7 Å². The van der Waals surface area contributed by atoms with Gasteiger partial charge < -0.3 is 9.90 Å². The molecule has 0 aromatic carbocycles. The summed E-state index contributed by atoms with van der Waals surface area (Å²) in [7, 11) is 0. The van der Waals surface area contributed by atoms with Crippen LogP contribution in [0.1, 0.15) is 56.6 Å². The van der Waals surface area contributed by atoms with Crippen molar-refractivity contribution >= 4 is 11.8 Å². The molecule has 1 heterocycles. The Morgan fingerprint density at radius 3 is 2.35 bits per heavy atom. The minimum atomic E-state index is -1.33. The molecule has 110 valence electrons. The minimum absolute atomic E-state index is 0.0457. The van der Waals surface area contributed by atoms with Crippen LogP contribution in [0.5, 0.6) is 0 Å². The quantitative estimate of drug-likeness (QED) is 0.389. The molecule has 5 heteroatoms. The van der Waals surface area contributed by atoms with Gasteiger partial charge in [-0.25, -0.2) is 9.97 Å². The summed E-state index contributed by atoms with van der Waals surface area (Å²) >= 11 is 0. The van der Waals surface area contributed by atoms with Gasteiger partial charge in [0, 0.05) is 12.4 Å². The smallest absolute Gasteiger partial charge is 0.208 e. The van der Waals surface area contributed by atoms with Gasteiger partial charge >= 0.3 is 0 Å². The largest absolute Gasteiger partial charge is 0.549 e. The zero-order valence-electron chi connectivity index (χ0n) is 12.0. The molecule has 0 spiro atoms. The van der Waals surface area contributed by atoms with E-state index in [1.807, 2.05) is 6.92 Å². The zero-order valence-corrected chi connectivity index (χ0v) is 12.0. The maximum Gasteiger partial charge on any atom is 0.208 e. The molecule has 1 rings (SSSR count). The summed E-state index contributed by atoms with van der Waals surface area (Å²) in [6.07, 6.45) is 7.22. The fraction of sp³-hybridized carbons (Fsp3) is 0.600. The molecule has 5 nitrogen and oxygen atoms in total. The molecule has 0 aliphatic heterocycles. The van der Waals surface area contributed by atoms with Crippen LogP contribution in [0, 0.1) is 11.8 Å². The molecule has 0 saturated heterocycles. The Kier molecular flexibility index (Phi) is 6.84. The number of carbonyl (C=O) groups excluding carboxylic acids is 2. The fourth-order valence-corrected chi connectivity index (χ4v) is 2.34. The van der Waals surface area contributed by atoms with Crippen LogP contribution in [0.3, 0.4) is 0 Å². The lowest BCUT2D eigenvalue weighted by Gasteiger charge is -2.25. The topological polar surface area (TPSA) is 83.0 Å². The maximum absolute atomic E-state index is 12.3. The Balaban J connectivity index is 2.86. The van der Waals surface area contributed by atoms with Crippen LogP contribution in [-0.2, 0) is 4.79 Å². The number of aromatic nitrogens is 2. The molecule has 0 radical (unpaired) electrons. The van der Waals surface area contributed by atoms with E-state index in [2.05, 4.69) is 16.9 Å². The van der Waals surface area contributed by atoms with E-state index in [0.717, 1.165) is 19.3 Å². The molecule has 0 saturated carbocycles. The number of carboxylic acids is 1. The maximum atomic E-state index is 12.3. The number of ketones is 1. The normalized spacial score (nSPS) is 13.7. The fourth-order valence-electron chi connectivity index (χ4n) is 2.34. The monoisotopic (exact) mass is 277 g/mol. The highest BCUT2D eigenvalue weighted by atomic mass is 16.4. The number of rotatable bonds is 9. The van der Waals surface area contributed by atoms with E-state index in [0.29, 0.717) is 12.8 Å². The van der Waals surface area contributed by atoms with Gasteiger partial charge in [-0.15, -0.1) is 0 Å². The van der Waals surface area contributed by atoms with Crippen molar-refractivity contribution in [2.75, 3.05) is 0 Å². The molecule has 0 fully saturated rings. The molecule has 1 aromatic heterocycles. The SMILES string of the molecule is CCCCCC(CC)C(C(=O)[O-])C(=O)c1ncccn1. The first-order valence-electron chi connectivity index (χ1n) is 7.13. The number of aliphatic carboxylic acids is 1. The van der Waals surface area contributed by atoms with Crippen LogP contribution in [0.15, 0.2) is 18.5 Å². The lowest BCUT2D eigenvalue weighted by molar-refractivity contribution is -0.310. The number of carboxylic acid groups (broad SMARTS) is 1. The molecule has 0 aliphatic rings. The summed E-state index contributed by atoms with van der Waals surface area (Å²) in [5.41, 5.74) is 0. The standard InChI is InChI=1S/C15H22N2O3/c1-3-5-6-8-11(4-2)12(15(19)20)13(18)14-16-9-7-10-17-14/h7,9-12H,3-6,8H2,1-2H3,(H,19,20)/p-1. The van der Waals surface area contributed by atoms with Crippen LogP contribution in [-0.4, -0.2) is 21.7 Å². The van der Waals surface area contributed by atoms with E-state index in [4.69, 9.17) is 0 Å². The summed E-state index contributed by atoms with van der Waals surface area (Å²) < 4.78 is 0. The van der Waals surface area contributed by atoms with Crippen molar-refractivity contribution in [3.8, 4) is 0 Å². The predicted molar refractivity (Wildman–Crippen MR) is 72.8 cm³/mol. The lowest BCUT2D eigenvalue weighted by atomic mass is 9.82. The molecular weight excluding hydrogens is 256 g/mol. The second-order valence-corrected chi connectivity index (χ2v) is 4.90. The van der Waals surface area contributed by atoms with E-state index >= 15 is 0 Å². The van der Waals surface area contributed by atoms with Crippen LogP contribution in [0.4, 0.5) is 0 Å². The zero-order chi connectivity index (χ0) is 15.0. The number of unbranched alkanes of at least 4 members (excludes halogenated alkanes) is 2. The minimum Gasteiger partial charge on any atom is -0.549 e. The molecule has 1 aromatic rings. The number of Topliss-reactive ketones (excluding diaryl/α,β-unsaturated/α-hetero) is 1. The lowest BCUT2D eigenvalue weighted by Crippen LogP contribution is -2.41. The number of nitrogens with zero attached hydrogens (tertiary/aromatic N) is 2. The Bertz CT molecular complexity index is 434. The Hall–Kier alpha value is -1.78. The van der Waals surface area contributed by atoms with Gasteiger partial charge in [0.1, 0.15) is 0 Å². The van der Waals surface area contributed by atoms with Crippen molar-refractivity contribution < 1.29 is 14.7 Å². The highest BCUT2D eigenvalue weighted by Gasteiger charge is 2.30. The van der Waals surface area contributed by atoms with Gasteiger partial charge in [0.05, 0.1) is 11.9 Å². The highest BCUT2D eigenvalue weighted by molar-refractivity contribution is 6.05. The van der Waals surface area contributed by atoms with Gasteiger partial charge in [-0.05, 0) is 18.4 Å². The van der Waals surface area contributed by atoms with Crippen molar-refractivity contribution in [3.63, 3.8) is 0 Å². The second-order valence-electron chi connectivity index (χ2n) is 4.90. The average molecular weight is 277 g/mol. The number of carbonyl (C=O) groups is 2. The third kappa shape index (κ3) is 4.40. The second kappa shape index (κ2) is 8.40. The molecule has 2 unspecified atom stereocenters. The van der Waals surface area contributed by atoms with E-state index in [-0.39, 0.29) is 11.7 Å². The van der Waals surface area contributed by atoms with Gasteiger partial charge in [-0.3, -0.25) is 4.79 Å². The van der Waals surface area contributed by atoms with E-state index in [1.165, 1.54) is 12.4 Å². The van der Waals surface area contributed by atoms with Crippen molar-refractivity contribution in [3.05, 3.63) is 24.3 Å². The van der Waals surface area contributed by atoms with Gasteiger partial charge in [0.25, 0.3) is 0 Å². The molecule has 0 N–H and O–H groups in total. The average Bonchev–Trinajstić information content (AvgIpc) is 2.46. The Morgan fingerprint density at radius 2 is 1.85 bits per heavy atom. The molecular formula is C15H21N2O3-.